The summed E-state index contributed by atoms with van der Waals surface area (Å²) in [5.41, 5.74) is 1.15. The van der Waals surface area contributed by atoms with E-state index in [9.17, 15) is 4.79 Å². The molecule has 0 aromatic heterocycles. The van der Waals surface area contributed by atoms with Crippen molar-refractivity contribution in [3.8, 4) is 0 Å². The molecule has 0 bridgehead atoms. The van der Waals surface area contributed by atoms with Crippen molar-refractivity contribution in [2.75, 3.05) is 12.8 Å². The van der Waals surface area contributed by atoms with E-state index in [0.717, 1.165) is 12.1 Å². The largest absolute Gasteiger partial charge is 0.354 e. The van der Waals surface area contributed by atoms with E-state index in [1.807, 2.05) is 42.1 Å². The monoisotopic (exact) mass is 295 g/mol. The number of carbonyl (C=O) groups excluding carboxylic acids is 1. The first-order chi connectivity index (χ1) is 9.15. The van der Waals surface area contributed by atoms with E-state index in [0.29, 0.717) is 6.42 Å². The number of rotatable bonds is 6. The summed E-state index contributed by atoms with van der Waals surface area (Å²) in [5.74, 6) is 0.0486. The first kappa shape index (κ1) is 14.8. The molecule has 0 radical (unpaired) electrons. The second kappa shape index (κ2) is 6.71. The third-order valence-corrected chi connectivity index (χ3v) is 5.69. The molecule has 1 atom stereocenters. The highest BCUT2D eigenvalue weighted by Crippen LogP contribution is 2.42. The summed E-state index contributed by atoms with van der Waals surface area (Å²) < 4.78 is 0.288. The normalized spacial score (nSPS) is 18.4. The molecule has 0 saturated heterocycles. The number of nitrogens with one attached hydrogen (secondary N) is 1. The summed E-state index contributed by atoms with van der Waals surface area (Å²) in [6.07, 6.45) is 6.52. The lowest BCUT2D eigenvalue weighted by Crippen LogP contribution is -2.47. The minimum Gasteiger partial charge on any atom is -0.354 e. The molecule has 1 saturated carbocycles. The van der Waals surface area contributed by atoms with Crippen molar-refractivity contribution < 1.29 is 4.79 Å². The molecule has 1 aliphatic rings. The topological polar surface area (TPSA) is 29.1 Å². The van der Waals surface area contributed by atoms with Crippen molar-refractivity contribution in [3.05, 3.63) is 35.9 Å². The zero-order valence-electron chi connectivity index (χ0n) is 11.3. The fourth-order valence-corrected chi connectivity index (χ4v) is 3.54. The summed E-state index contributed by atoms with van der Waals surface area (Å²) >= 11 is 6.30. The maximum atomic E-state index is 12.1. The summed E-state index contributed by atoms with van der Waals surface area (Å²) in [5, 5.41) is 2.80. The summed E-state index contributed by atoms with van der Waals surface area (Å²) in [6.45, 7) is 0.777. The first-order valence-corrected chi connectivity index (χ1v) is 8.44. The molecule has 1 N–H and O–H groups in total. The van der Waals surface area contributed by atoms with Crippen LogP contribution in [0.4, 0.5) is 0 Å². The predicted molar refractivity (Wildman–Crippen MR) is 86.0 cm³/mol. The van der Waals surface area contributed by atoms with Crippen LogP contribution in [-0.2, 0) is 11.2 Å². The molecule has 104 valence electrons. The second-order valence-electron chi connectivity index (χ2n) is 5.16. The Kier molecular flexibility index (Phi) is 5.22. The lowest BCUT2D eigenvalue weighted by atomic mass is 9.84. The van der Waals surface area contributed by atoms with Gasteiger partial charge in [-0.3, -0.25) is 4.79 Å². The van der Waals surface area contributed by atoms with Crippen molar-refractivity contribution >= 4 is 30.3 Å². The Morgan fingerprint density at radius 3 is 2.63 bits per heavy atom. The maximum absolute atomic E-state index is 12.1. The van der Waals surface area contributed by atoms with Crippen LogP contribution < -0.4 is 5.32 Å². The molecule has 1 aromatic carbocycles. The molecule has 1 fully saturated rings. The van der Waals surface area contributed by atoms with Gasteiger partial charge >= 0.3 is 0 Å². The zero-order chi connectivity index (χ0) is 13.7. The predicted octanol–water partition coefficient (Wildman–Crippen LogP) is 2.93. The third-order valence-electron chi connectivity index (χ3n) is 3.86. The molecule has 0 aliphatic heterocycles. The Morgan fingerprint density at radius 2 is 2.11 bits per heavy atom. The second-order valence-corrected chi connectivity index (χ2v) is 7.06. The Bertz CT molecular complexity index is 412. The molecule has 0 heterocycles. The number of benzene rings is 1. The number of hydrogen-bond donors (Lipinski definition) is 2. The zero-order valence-corrected chi connectivity index (χ0v) is 13.0. The van der Waals surface area contributed by atoms with E-state index in [1.165, 1.54) is 19.3 Å². The molecule has 0 spiro atoms. The van der Waals surface area contributed by atoms with Crippen molar-refractivity contribution in [2.45, 2.75) is 35.7 Å². The minimum absolute atomic E-state index is 0.0486. The van der Waals surface area contributed by atoms with Crippen LogP contribution in [0.5, 0.6) is 0 Å². The molecular weight excluding hydrogens is 274 g/mol. The van der Waals surface area contributed by atoms with Gasteiger partial charge in [0.05, 0.1) is 5.25 Å². The Morgan fingerprint density at radius 1 is 1.42 bits per heavy atom. The summed E-state index contributed by atoms with van der Waals surface area (Å²) in [6, 6.07) is 10.0. The van der Waals surface area contributed by atoms with Gasteiger partial charge in [0.1, 0.15) is 0 Å². The average molecular weight is 295 g/mol. The van der Waals surface area contributed by atoms with Gasteiger partial charge in [-0.05, 0) is 31.1 Å². The van der Waals surface area contributed by atoms with Crippen LogP contribution in [0.1, 0.15) is 24.8 Å². The van der Waals surface area contributed by atoms with Crippen molar-refractivity contribution in [3.63, 3.8) is 0 Å². The van der Waals surface area contributed by atoms with Gasteiger partial charge in [0.2, 0.25) is 5.91 Å². The minimum atomic E-state index is -0.263. The molecule has 1 unspecified atom stereocenters. The molecule has 2 nitrogen and oxygen atoms in total. The fraction of sp³-hybridized carbons (Fsp3) is 0.533. The molecule has 1 aliphatic carbocycles. The molecule has 1 amide bonds. The van der Waals surface area contributed by atoms with Gasteiger partial charge in [0.15, 0.2) is 0 Å². The van der Waals surface area contributed by atoms with E-state index < -0.39 is 0 Å². The van der Waals surface area contributed by atoms with Crippen LogP contribution in [0.2, 0.25) is 0 Å². The Hall–Kier alpha value is -0.610. The quantitative estimate of drug-likeness (QED) is 0.790. The van der Waals surface area contributed by atoms with Crippen LogP contribution in [0.3, 0.4) is 0 Å². The number of carbonyl (C=O) groups is 1. The van der Waals surface area contributed by atoms with Gasteiger partial charge in [-0.2, -0.15) is 24.4 Å². The lowest BCUT2D eigenvalue weighted by Gasteiger charge is -2.40. The SMILES string of the molecule is CSC1(CNC(=O)C(S)Cc2ccccc2)CCC1. The van der Waals surface area contributed by atoms with E-state index in [2.05, 4.69) is 24.2 Å². The average Bonchev–Trinajstić information content (AvgIpc) is 2.39. The standard InChI is InChI=1S/C15H21NOS2/c1-19-15(8-5-9-15)11-16-14(17)13(18)10-12-6-3-2-4-7-12/h2-4,6-7,13,18H,5,8-11H2,1H3,(H,16,17). The molecule has 19 heavy (non-hydrogen) atoms. The summed E-state index contributed by atoms with van der Waals surface area (Å²) in [7, 11) is 0. The van der Waals surface area contributed by atoms with Gasteiger partial charge in [-0.25, -0.2) is 0 Å². The number of thioether (sulfide) groups is 1. The summed E-state index contributed by atoms with van der Waals surface area (Å²) in [4.78, 5) is 12.1. The smallest absolute Gasteiger partial charge is 0.233 e. The lowest BCUT2D eigenvalue weighted by molar-refractivity contribution is -0.120. The van der Waals surface area contributed by atoms with E-state index >= 15 is 0 Å². The first-order valence-electron chi connectivity index (χ1n) is 6.70. The molecular formula is C15H21NOS2. The third kappa shape index (κ3) is 3.93. The molecule has 2 rings (SSSR count). The van der Waals surface area contributed by atoms with Crippen LogP contribution in [0.25, 0.3) is 0 Å². The van der Waals surface area contributed by atoms with Crippen LogP contribution in [0.15, 0.2) is 30.3 Å². The highest BCUT2D eigenvalue weighted by Gasteiger charge is 2.36. The van der Waals surface area contributed by atoms with Crippen LogP contribution in [-0.4, -0.2) is 28.7 Å². The van der Waals surface area contributed by atoms with E-state index in [-0.39, 0.29) is 15.9 Å². The van der Waals surface area contributed by atoms with Crippen molar-refractivity contribution in [1.82, 2.24) is 5.32 Å². The van der Waals surface area contributed by atoms with E-state index in [4.69, 9.17) is 0 Å². The van der Waals surface area contributed by atoms with Gasteiger partial charge in [-0.15, -0.1) is 0 Å². The van der Waals surface area contributed by atoms with Gasteiger partial charge in [-0.1, -0.05) is 36.8 Å². The van der Waals surface area contributed by atoms with Crippen molar-refractivity contribution in [2.24, 2.45) is 0 Å². The Labute approximate surface area is 125 Å². The number of thiol groups is 1. The highest BCUT2D eigenvalue weighted by atomic mass is 32.2. The number of hydrogen-bond acceptors (Lipinski definition) is 3. The maximum Gasteiger partial charge on any atom is 0.233 e. The van der Waals surface area contributed by atoms with Crippen molar-refractivity contribution in [1.29, 1.82) is 0 Å². The highest BCUT2D eigenvalue weighted by molar-refractivity contribution is 8.00. The van der Waals surface area contributed by atoms with Crippen LogP contribution >= 0.6 is 24.4 Å². The molecule has 1 aromatic rings. The van der Waals surface area contributed by atoms with Gasteiger partial charge in [0, 0.05) is 11.3 Å². The van der Waals surface area contributed by atoms with Crippen LogP contribution in [0, 0.1) is 0 Å². The van der Waals surface area contributed by atoms with Gasteiger partial charge < -0.3 is 5.32 Å². The van der Waals surface area contributed by atoms with E-state index in [1.54, 1.807) is 0 Å². The fourth-order valence-electron chi connectivity index (χ4n) is 2.32. The van der Waals surface area contributed by atoms with Gasteiger partial charge in [0.25, 0.3) is 0 Å². The number of amides is 1. The Balaban J connectivity index is 1.79. The molecule has 4 heteroatoms.